The van der Waals surface area contributed by atoms with Gasteiger partial charge in [0.2, 0.25) is 11.1 Å². The van der Waals surface area contributed by atoms with Gasteiger partial charge in [-0.25, -0.2) is 0 Å². The van der Waals surface area contributed by atoms with Crippen LogP contribution in [-0.2, 0) is 4.79 Å². The van der Waals surface area contributed by atoms with E-state index in [4.69, 9.17) is 0 Å². The maximum atomic E-state index is 12.3. The number of nitrogens with one attached hydrogen (secondary N) is 1. The van der Waals surface area contributed by atoms with Crippen molar-refractivity contribution in [3.8, 4) is 11.4 Å². The van der Waals surface area contributed by atoms with Crippen LogP contribution in [0.4, 0.5) is 0 Å². The van der Waals surface area contributed by atoms with Crippen molar-refractivity contribution < 1.29 is 9.90 Å². The van der Waals surface area contributed by atoms with Crippen molar-refractivity contribution in [2.24, 2.45) is 0 Å². The second kappa shape index (κ2) is 8.84. The van der Waals surface area contributed by atoms with Crippen molar-refractivity contribution in [1.29, 1.82) is 0 Å². The first-order chi connectivity index (χ1) is 12.2. The highest BCUT2D eigenvalue weighted by molar-refractivity contribution is 7.99. The minimum atomic E-state index is 0.0239. The Balaban J connectivity index is 1.54. The summed E-state index contributed by atoms with van der Waals surface area (Å²) in [4.78, 5) is 12.3. The molecule has 134 valence electrons. The lowest BCUT2D eigenvalue weighted by molar-refractivity contribution is -0.119. The molecule has 25 heavy (non-hydrogen) atoms. The number of hydrogen-bond acceptors (Lipinski definition) is 6. The minimum absolute atomic E-state index is 0.0239. The number of aromatic hydroxyl groups is 1. The Bertz CT molecular complexity index is 681. The quantitative estimate of drug-likeness (QED) is 0.796. The van der Waals surface area contributed by atoms with Crippen LogP contribution < -0.4 is 5.32 Å². The Morgan fingerprint density at radius 1 is 1.16 bits per heavy atom. The Morgan fingerprint density at radius 2 is 1.84 bits per heavy atom. The summed E-state index contributed by atoms with van der Waals surface area (Å²) in [5.74, 6) is 0.495. The van der Waals surface area contributed by atoms with Crippen molar-refractivity contribution in [3.63, 3.8) is 0 Å². The molecular weight excluding hydrogens is 338 g/mol. The second-order valence-corrected chi connectivity index (χ2v) is 7.23. The van der Waals surface area contributed by atoms with Crippen molar-refractivity contribution >= 4 is 17.7 Å². The molecule has 2 N–H and O–H groups in total. The maximum Gasteiger partial charge on any atom is 0.230 e. The normalized spacial score (nSPS) is 16.2. The summed E-state index contributed by atoms with van der Waals surface area (Å²) in [6.45, 7) is 0. The smallest absolute Gasteiger partial charge is 0.230 e. The number of thioether (sulfide) groups is 1. The number of aromatic nitrogens is 4. The average molecular weight is 361 g/mol. The lowest BCUT2D eigenvalue weighted by Gasteiger charge is -2.20. The van der Waals surface area contributed by atoms with Crippen LogP contribution in [0.1, 0.15) is 44.9 Å². The van der Waals surface area contributed by atoms with Crippen molar-refractivity contribution in [2.75, 3.05) is 5.75 Å². The number of nitrogens with zero attached hydrogens (tertiary/aromatic N) is 4. The standard InChI is InChI=1S/C17H23N5O2S/c23-15-10-8-14(9-11-15)22-17(19-20-21-22)25-12-16(24)18-13-6-4-2-1-3-5-7-13/h8-11,13,23H,1-7,12H2,(H,18,24). The fraction of sp³-hybridized carbons (Fsp3) is 0.529. The minimum Gasteiger partial charge on any atom is -0.508 e. The van der Waals surface area contributed by atoms with Crippen LogP contribution in [0.5, 0.6) is 5.75 Å². The molecule has 0 bridgehead atoms. The SMILES string of the molecule is O=C(CSc1nnnn1-c1ccc(O)cc1)NC1CCCCCCC1. The van der Waals surface area contributed by atoms with E-state index in [0.29, 0.717) is 11.2 Å². The molecule has 1 saturated carbocycles. The van der Waals surface area contributed by atoms with Crippen molar-refractivity contribution in [3.05, 3.63) is 24.3 Å². The highest BCUT2D eigenvalue weighted by atomic mass is 32.2. The molecule has 8 heteroatoms. The molecule has 0 unspecified atom stereocenters. The Morgan fingerprint density at radius 3 is 2.56 bits per heavy atom. The molecule has 1 aromatic heterocycles. The number of hydrogen-bond donors (Lipinski definition) is 2. The third-order valence-corrected chi connectivity index (χ3v) is 5.26. The van der Waals surface area contributed by atoms with E-state index in [2.05, 4.69) is 20.8 Å². The topological polar surface area (TPSA) is 92.9 Å². The first kappa shape index (κ1) is 17.7. The number of carbonyl (C=O) groups is 1. The zero-order chi connectivity index (χ0) is 17.5. The molecule has 7 nitrogen and oxygen atoms in total. The number of benzene rings is 1. The van der Waals surface area contributed by atoms with Crippen LogP contribution in [-0.4, -0.2) is 43.0 Å². The van der Waals surface area contributed by atoms with Crippen LogP contribution in [0.25, 0.3) is 5.69 Å². The van der Waals surface area contributed by atoms with E-state index in [1.54, 1.807) is 28.9 Å². The number of phenolic OH excluding ortho intramolecular Hbond substituents is 1. The van der Waals surface area contributed by atoms with E-state index >= 15 is 0 Å². The van der Waals surface area contributed by atoms with Crippen LogP contribution in [0.2, 0.25) is 0 Å². The van der Waals surface area contributed by atoms with Gasteiger partial charge in [-0.3, -0.25) is 4.79 Å². The largest absolute Gasteiger partial charge is 0.508 e. The number of amides is 1. The lowest BCUT2D eigenvalue weighted by Crippen LogP contribution is -2.36. The first-order valence-corrected chi connectivity index (χ1v) is 9.71. The van der Waals surface area contributed by atoms with Gasteiger partial charge in [0.15, 0.2) is 0 Å². The molecule has 2 aromatic rings. The first-order valence-electron chi connectivity index (χ1n) is 8.72. The third kappa shape index (κ3) is 5.19. The summed E-state index contributed by atoms with van der Waals surface area (Å²) in [6, 6.07) is 6.90. The van der Waals surface area contributed by atoms with Gasteiger partial charge in [-0.15, -0.1) is 5.10 Å². The molecular formula is C17H23N5O2S. The fourth-order valence-corrected chi connectivity index (χ4v) is 3.73. The number of carbonyl (C=O) groups excluding carboxylic acids is 1. The van der Waals surface area contributed by atoms with E-state index in [0.717, 1.165) is 18.5 Å². The number of tetrazole rings is 1. The predicted molar refractivity (Wildman–Crippen MR) is 95.8 cm³/mol. The van der Waals surface area contributed by atoms with E-state index in [-0.39, 0.29) is 17.4 Å². The van der Waals surface area contributed by atoms with Gasteiger partial charge in [-0.05, 0) is 47.5 Å². The molecule has 3 rings (SSSR count). The summed E-state index contributed by atoms with van der Waals surface area (Å²) >= 11 is 1.31. The van der Waals surface area contributed by atoms with E-state index in [9.17, 15) is 9.90 Å². The summed E-state index contributed by atoms with van der Waals surface area (Å²) < 4.78 is 1.56. The maximum absolute atomic E-state index is 12.3. The Hall–Kier alpha value is -2.09. The van der Waals surface area contributed by atoms with E-state index in [1.807, 2.05) is 0 Å². The van der Waals surface area contributed by atoms with Crippen molar-refractivity contribution in [2.45, 2.75) is 56.1 Å². The molecule has 0 spiro atoms. The number of rotatable bonds is 5. The van der Waals surface area contributed by atoms with Gasteiger partial charge in [0.1, 0.15) is 5.75 Å². The highest BCUT2D eigenvalue weighted by Gasteiger charge is 2.16. The van der Waals surface area contributed by atoms with Gasteiger partial charge < -0.3 is 10.4 Å². The molecule has 1 amide bonds. The van der Waals surface area contributed by atoms with Crippen LogP contribution in [0.15, 0.2) is 29.4 Å². The summed E-state index contributed by atoms with van der Waals surface area (Å²) in [7, 11) is 0. The molecule has 1 aliphatic carbocycles. The molecule has 0 radical (unpaired) electrons. The molecule has 1 aromatic carbocycles. The Labute approximate surface area is 151 Å². The van der Waals surface area contributed by atoms with Crippen LogP contribution in [0, 0.1) is 0 Å². The van der Waals surface area contributed by atoms with Crippen LogP contribution >= 0.6 is 11.8 Å². The van der Waals surface area contributed by atoms with Gasteiger partial charge in [0.25, 0.3) is 0 Å². The summed E-state index contributed by atoms with van der Waals surface area (Å²) in [5, 5.41) is 24.7. The summed E-state index contributed by atoms with van der Waals surface area (Å²) in [6.07, 6.45) is 8.37. The molecule has 1 fully saturated rings. The van der Waals surface area contributed by atoms with Crippen LogP contribution in [0.3, 0.4) is 0 Å². The average Bonchev–Trinajstić information content (AvgIpc) is 3.04. The second-order valence-electron chi connectivity index (χ2n) is 6.29. The van der Waals surface area contributed by atoms with Gasteiger partial charge in [-0.1, -0.05) is 43.9 Å². The van der Waals surface area contributed by atoms with Gasteiger partial charge >= 0.3 is 0 Å². The molecule has 0 saturated heterocycles. The van der Waals surface area contributed by atoms with Crippen molar-refractivity contribution in [1.82, 2.24) is 25.5 Å². The zero-order valence-electron chi connectivity index (χ0n) is 14.1. The highest BCUT2D eigenvalue weighted by Crippen LogP contribution is 2.20. The zero-order valence-corrected chi connectivity index (χ0v) is 14.9. The number of phenols is 1. The van der Waals surface area contributed by atoms with Gasteiger partial charge in [-0.2, -0.15) is 4.68 Å². The third-order valence-electron chi connectivity index (χ3n) is 4.34. The fourth-order valence-electron chi connectivity index (χ4n) is 3.02. The molecule has 0 atom stereocenters. The molecule has 1 aliphatic rings. The lowest BCUT2D eigenvalue weighted by atomic mass is 9.97. The van der Waals surface area contributed by atoms with Gasteiger partial charge in [0, 0.05) is 6.04 Å². The molecule has 0 aliphatic heterocycles. The summed E-state index contributed by atoms with van der Waals surface area (Å²) in [5.41, 5.74) is 0.741. The molecule has 1 heterocycles. The predicted octanol–water partition coefficient (Wildman–Crippen LogP) is 2.69. The van der Waals surface area contributed by atoms with E-state index in [1.165, 1.54) is 43.9 Å². The monoisotopic (exact) mass is 361 g/mol. The Kier molecular flexibility index (Phi) is 6.27. The van der Waals surface area contributed by atoms with E-state index < -0.39 is 0 Å². The van der Waals surface area contributed by atoms with Gasteiger partial charge in [0.05, 0.1) is 11.4 Å².